The summed E-state index contributed by atoms with van der Waals surface area (Å²) in [4.78, 5) is 10.9. The molecule has 0 fully saturated rings. The Bertz CT molecular complexity index is 874. The number of nitriles is 1. The van der Waals surface area contributed by atoms with Gasteiger partial charge in [-0.3, -0.25) is 10.1 Å². The maximum Gasteiger partial charge on any atom is 0.293 e. The van der Waals surface area contributed by atoms with Crippen LogP contribution < -0.4 is 14.8 Å². The van der Waals surface area contributed by atoms with Crippen LogP contribution in [0.2, 0.25) is 0 Å². The summed E-state index contributed by atoms with van der Waals surface area (Å²) in [7, 11) is 0. The van der Waals surface area contributed by atoms with E-state index >= 15 is 0 Å². The number of hydrogen-bond donors (Lipinski definition) is 1. The average molecular weight is 353 g/mol. The van der Waals surface area contributed by atoms with Crippen molar-refractivity contribution in [3.05, 3.63) is 57.6 Å². The predicted octanol–water partition coefficient (Wildman–Crippen LogP) is 4.05. The van der Waals surface area contributed by atoms with Crippen LogP contribution in [0.1, 0.15) is 31.0 Å². The summed E-state index contributed by atoms with van der Waals surface area (Å²) in [6.45, 7) is 5.08. The molecular formula is C19H19N3O4. The van der Waals surface area contributed by atoms with Crippen LogP contribution in [0.25, 0.3) is 0 Å². The molecule has 26 heavy (non-hydrogen) atoms. The lowest BCUT2D eigenvalue weighted by Crippen LogP contribution is -2.19. The number of nitrogens with one attached hydrogen (secondary N) is 1. The van der Waals surface area contributed by atoms with E-state index in [1.165, 1.54) is 6.07 Å². The van der Waals surface area contributed by atoms with E-state index in [1.54, 1.807) is 12.1 Å². The quantitative estimate of drug-likeness (QED) is 0.643. The van der Waals surface area contributed by atoms with Crippen molar-refractivity contribution in [3.8, 4) is 17.6 Å². The van der Waals surface area contributed by atoms with Crippen molar-refractivity contribution < 1.29 is 14.4 Å². The van der Waals surface area contributed by atoms with Crippen LogP contribution in [0.5, 0.6) is 11.5 Å². The van der Waals surface area contributed by atoms with Crippen LogP contribution in [0.3, 0.4) is 0 Å². The van der Waals surface area contributed by atoms with Crippen LogP contribution in [-0.2, 0) is 0 Å². The smallest absolute Gasteiger partial charge is 0.293 e. The fraction of sp³-hybridized carbons (Fsp3) is 0.316. The maximum absolute atomic E-state index is 11.4. The summed E-state index contributed by atoms with van der Waals surface area (Å²) in [5.41, 5.74) is 1.46. The summed E-state index contributed by atoms with van der Waals surface area (Å²) in [6, 6.07) is 11.9. The third-order valence-corrected chi connectivity index (χ3v) is 4.23. The van der Waals surface area contributed by atoms with Crippen LogP contribution in [0.4, 0.5) is 11.4 Å². The van der Waals surface area contributed by atoms with Gasteiger partial charge < -0.3 is 14.8 Å². The lowest BCUT2D eigenvalue weighted by molar-refractivity contribution is -0.384. The highest BCUT2D eigenvalue weighted by molar-refractivity contribution is 5.65. The van der Waals surface area contributed by atoms with Crippen LogP contribution in [0, 0.1) is 27.4 Å². The van der Waals surface area contributed by atoms with Crippen molar-refractivity contribution in [1.29, 1.82) is 5.26 Å². The molecule has 0 radical (unpaired) electrons. The Hall–Kier alpha value is -3.27. The molecule has 1 atom stereocenters. The van der Waals surface area contributed by atoms with Crippen LogP contribution in [0.15, 0.2) is 36.4 Å². The first kappa shape index (κ1) is 17.5. The monoisotopic (exact) mass is 353 g/mol. The van der Waals surface area contributed by atoms with E-state index in [1.807, 2.05) is 38.1 Å². The van der Waals surface area contributed by atoms with Crippen molar-refractivity contribution in [3.63, 3.8) is 0 Å². The third kappa shape index (κ3) is 3.54. The van der Waals surface area contributed by atoms with E-state index in [2.05, 4.69) is 5.32 Å². The molecule has 7 heteroatoms. The van der Waals surface area contributed by atoms with Crippen molar-refractivity contribution in [2.45, 2.75) is 19.9 Å². The minimum atomic E-state index is -0.482. The molecule has 1 aliphatic rings. The molecule has 0 bridgehead atoms. The van der Waals surface area contributed by atoms with Crippen molar-refractivity contribution >= 4 is 11.4 Å². The highest BCUT2D eigenvalue weighted by Gasteiger charge is 2.23. The molecular weight excluding hydrogens is 334 g/mol. The molecule has 0 saturated heterocycles. The first-order valence-corrected chi connectivity index (χ1v) is 8.34. The van der Waals surface area contributed by atoms with Gasteiger partial charge in [0.1, 0.15) is 18.9 Å². The normalized spacial score (nSPS) is 13.8. The molecule has 134 valence electrons. The van der Waals surface area contributed by atoms with Gasteiger partial charge >= 0.3 is 0 Å². The second-order valence-electron chi connectivity index (χ2n) is 6.37. The van der Waals surface area contributed by atoms with Gasteiger partial charge in [-0.2, -0.15) is 5.26 Å². The van der Waals surface area contributed by atoms with Crippen LogP contribution in [-0.4, -0.2) is 18.1 Å². The van der Waals surface area contributed by atoms with Gasteiger partial charge in [-0.1, -0.05) is 19.9 Å². The number of anilines is 1. The zero-order valence-electron chi connectivity index (χ0n) is 14.6. The van der Waals surface area contributed by atoms with E-state index in [0.29, 0.717) is 30.4 Å². The average Bonchev–Trinajstić information content (AvgIpc) is 2.65. The topological polar surface area (TPSA) is 97.4 Å². The number of ether oxygens (including phenoxy) is 2. The van der Waals surface area contributed by atoms with Crippen molar-refractivity contribution in [2.75, 3.05) is 18.5 Å². The highest BCUT2D eigenvalue weighted by atomic mass is 16.6. The Labute approximate surface area is 151 Å². The summed E-state index contributed by atoms with van der Waals surface area (Å²) in [6.07, 6.45) is 0. The SMILES string of the molecule is CC(C)[C@@H](Nc1ccc(C#N)cc1[N+](=O)[O-])c1ccc2c(c1)OCCO2. The standard InChI is InChI=1S/C19H19N3O4/c1-12(2)19(14-4-6-17-18(10-14)26-8-7-25-17)21-15-5-3-13(11-20)9-16(15)22(23)24/h3-6,9-10,12,19,21H,7-8H2,1-2H3/t19-/m1/s1. The molecule has 0 spiro atoms. The predicted molar refractivity (Wildman–Crippen MR) is 96.4 cm³/mol. The zero-order valence-corrected chi connectivity index (χ0v) is 14.6. The minimum Gasteiger partial charge on any atom is -0.486 e. The second-order valence-corrected chi connectivity index (χ2v) is 6.37. The number of rotatable bonds is 5. The van der Waals surface area contributed by atoms with E-state index in [-0.39, 0.29) is 23.2 Å². The zero-order chi connectivity index (χ0) is 18.7. The first-order valence-electron chi connectivity index (χ1n) is 8.34. The highest BCUT2D eigenvalue weighted by Crippen LogP contribution is 2.37. The van der Waals surface area contributed by atoms with Gasteiger partial charge in [-0.25, -0.2) is 0 Å². The Morgan fingerprint density at radius 3 is 2.54 bits per heavy atom. The van der Waals surface area contributed by atoms with E-state index in [4.69, 9.17) is 14.7 Å². The van der Waals surface area contributed by atoms with Crippen molar-refractivity contribution in [1.82, 2.24) is 0 Å². The molecule has 0 aromatic heterocycles. The Morgan fingerprint density at radius 2 is 1.88 bits per heavy atom. The minimum absolute atomic E-state index is 0.118. The number of nitro benzene ring substituents is 1. The number of nitro groups is 1. The molecule has 1 N–H and O–H groups in total. The molecule has 0 unspecified atom stereocenters. The molecule has 2 aromatic carbocycles. The number of benzene rings is 2. The fourth-order valence-electron chi connectivity index (χ4n) is 2.93. The molecule has 7 nitrogen and oxygen atoms in total. The molecule has 2 aromatic rings. The molecule has 3 rings (SSSR count). The van der Waals surface area contributed by atoms with E-state index in [9.17, 15) is 10.1 Å². The van der Waals surface area contributed by atoms with Gasteiger partial charge in [0.25, 0.3) is 5.69 Å². The summed E-state index contributed by atoms with van der Waals surface area (Å²) in [5, 5.41) is 23.6. The summed E-state index contributed by atoms with van der Waals surface area (Å²) in [5.74, 6) is 1.54. The molecule has 0 aliphatic carbocycles. The largest absolute Gasteiger partial charge is 0.486 e. The molecule has 0 amide bonds. The first-order chi connectivity index (χ1) is 12.5. The Morgan fingerprint density at radius 1 is 1.15 bits per heavy atom. The number of fused-ring (bicyclic) bond motifs is 1. The van der Waals surface area contributed by atoms with E-state index in [0.717, 1.165) is 5.56 Å². The summed E-state index contributed by atoms with van der Waals surface area (Å²) < 4.78 is 11.2. The third-order valence-electron chi connectivity index (χ3n) is 4.23. The lowest BCUT2D eigenvalue weighted by Gasteiger charge is -2.26. The second kappa shape index (κ2) is 7.31. The molecule has 1 heterocycles. The molecule has 1 aliphatic heterocycles. The Balaban J connectivity index is 1.95. The Kier molecular flexibility index (Phi) is 4.94. The fourth-order valence-corrected chi connectivity index (χ4v) is 2.93. The van der Waals surface area contributed by atoms with Crippen molar-refractivity contribution in [2.24, 2.45) is 5.92 Å². The molecule has 0 saturated carbocycles. The van der Waals surface area contributed by atoms with Crippen LogP contribution >= 0.6 is 0 Å². The lowest BCUT2D eigenvalue weighted by atomic mass is 9.95. The van der Waals surface area contributed by atoms with Gasteiger partial charge in [0.15, 0.2) is 11.5 Å². The van der Waals surface area contributed by atoms with Gasteiger partial charge in [-0.15, -0.1) is 0 Å². The maximum atomic E-state index is 11.4. The number of nitrogens with zero attached hydrogens (tertiary/aromatic N) is 2. The van der Waals surface area contributed by atoms with E-state index < -0.39 is 4.92 Å². The number of hydrogen-bond acceptors (Lipinski definition) is 6. The van der Waals surface area contributed by atoms with Gasteiger partial charge in [0, 0.05) is 6.07 Å². The van der Waals surface area contributed by atoms with Gasteiger partial charge in [-0.05, 0) is 35.7 Å². The van der Waals surface area contributed by atoms with Gasteiger partial charge in [0.05, 0.1) is 22.6 Å². The van der Waals surface area contributed by atoms with Gasteiger partial charge in [0.2, 0.25) is 0 Å². The summed E-state index contributed by atoms with van der Waals surface area (Å²) >= 11 is 0.